The molecule has 1 aromatic heterocycles. The molecule has 2 aromatic carbocycles. The normalized spacial score (nSPS) is 13.7. The quantitative estimate of drug-likeness (QED) is 0.733. The van der Waals surface area contributed by atoms with Crippen LogP contribution in [0.1, 0.15) is 28.9 Å². The highest BCUT2D eigenvalue weighted by molar-refractivity contribution is 5.96. The lowest BCUT2D eigenvalue weighted by molar-refractivity contribution is -0.118. The standard InChI is InChI=1S/C22H19N3O3/c1-14(16-5-6-20-19(12-16)25-21(26)13-28-20)24-22(27)18-4-2-3-17(11-18)15-7-9-23-10-8-15/h2-12,14H,13H2,1H3,(H,24,27)(H,25,26). The molecule has 0 bridgehead atoms. The molecular weight excluding hydrogens is 354 g/mol. The first-order valence-corrected chi connectivity index (χ1v) is 8.98. The number of nitrogens with zero attached hydrogens (tertiary/aromatic N) is 1. The highest BCUT2D eigenvalue weighted by Gasteiger charge is 2.18. The first-order valence-electron chi connectivity index (χ1n) is 8.98. The number of amides is 2. The molecule has 2 amide bonds. The average Bonchev–Trinajstić information content (AvgIpc) is 2.74. The Balaban J connectivity index is 1.51. The summed E-state index contributed by atoms with van der Waals surface area (Å²) < 4.78 is 5.37. The third-order valence-corrected chi connectivity index (χ3v) is 4.62. The molecule has 1 atom stereocenters. The van der Waals surface area contributed by atoms with E-state index in [1.165, 1.54) is 0 Å². The predicted octanol–water partition coefficient (Wildman–Crippen LogP) is 3.57. The van der Waals surface area contributed by atoms with Gasteiger partial charge in [0.05, 0.1) is 11.7 Å². The number of nitrogens with one attached hydrogen (secondary N) is 2. The summed E-state index contributed by atoms with van der Waals surface area (Å²) in [6.07, 6.45) is 3.45. The van der Waals surface area contributed by atoms with E-state index < -0.39 is 0 Å². The predicted molar refractivity (Wildman–Crippen MR) is 106 cm³/mol. The lowest BCUT2D eigenvalue weighted by Gasteiger charge is -2.21. The van der Waals surface area contributed by atoms with Crippen molar-refractivity contribution in [3.8, 4) is 16.9 Å². The van der Waals surface area contributed by atoms with Crippen LogP contribution >= 0.6 is 0 Å². The summed E-state index contributed by atoms with van der Waals surface area (Å²) in [5.74, 6) is 0.280. The van der Waals surface area contributed by atoms with E-state index in [4.69, 9.17) is 4.74 Å². The maximum absolute atomic E-state index is 12.7. The third kappa shape index (κ3) is 3.71. The Kier molecular flexibility index (Phi) is 4.76. The summed E-state index contributed by atoms with van der Waals surface area (Å²) in [5, 5.41) is 5.79. The number of benzene rings is 2. The monoisotopic (exact) mass is 373 g/mol. The highest BCUT2D eigenvalue weighted by atomic mass is 16.5. The van der Waals surface area contributed by atoms with Gasteiger partial charge < -0.3 is 15.4 Å². The van der Waals surface area contributed by atoms with Crippen molar-refractivity contribution >= 4 is 17.5 Å². The number of pyridine rings is 1. The second-order valence-electron chi connectivity index (χ2n) is 6.60. The van der Waals surface area contributed by atoms with Crippen LogP contribution in [0, 0.1) is 0 Å². The summed E-state index contributed by atoms with van der Waals surface area (Å²) in [5.41, 5.74) is 4.04. The molecule has 0 aliphatic carbocycles. The average molecular weight is 373 g/mol. The molecule has 140 valence electrons. The van der Waals surface area contributed by atoms with Crippen LogP contribution in [0.2, 0.25) is 0 Å². The van der Waals surface area contributed by atoms with Crippen LogP contribution in [-0.4, -0.2) is 23.4 Å². The molecule has 2 heterocycles. The van der Waals surface area contributed by atoms with Crippen molar-refractivity contribution in [2.75, 3.05) is 11.9 Å². The molecule has 6 heteroatoms. The van der Waals surface area contributed by atoms with Crippen molar-refractivity contribution in [1.29, 1.82) is 0 Å². The summed E-state index contributed by atoms with van der Waals surface area (Å²) >= 11 is 0. The van der Waals surface area contributed by atoms with Gasteiger partial charge in [0.2, 0.25) is 0 Å². The van der Waals surface area contributed by atoms with Gasteiger partial charge in [-0.1, -0.05) is 18.2 Å². The molecule has 1 aliphatic rings. The van der Waals surface area contributed by atoms with Crippen LogP contribution < -0.4 is 15.4 Å². The Labute approximate surface area is 162 Å². The molecule has 0 saturated carbocycles. The second kappa shape index (κ2) is 7.52. The molecule has 6 nitrogen and oxygen atoms in total. The van der Waals surface area contributed by atoms with E-state index in [9.17, 15) is 9.59 Å². The molecule has 0 radical (unpaired) electrons. The smallest absolute Gasteiger partial charge is 0.262 e. The maximum Gasteiger partial charge on any atom is 0.262 e. The van der Waals surface area contributed by atoms with Gasteiger partial charge in [-0.25, -0.2) is 0 Å². The van der Waals surface area contributed by atoms with Gasteiger partial charge in [-0.05, 0) is 60.0 Å². The molecular formula is C22H19N3O3. The van der Waals surface area contributed by atoms with Crippen LogP contribution in [0.4, 0.5) is 5.69 Å². The van der Waals surface area contributed by atoms with E-state index in [1.54, 1.807) is 24.5 Å². The van der Waals surface area contributed by atoms with Gasteiger partial charge >= 0.3 is 0 Å². The number of hydrogen-bond acceptors (Lipinski definition) is 4. The lowest BCUT2D eigenvalue weighted by Crippen LogP contribution is -2.28. The topological polar surface area (TPSA) is 80.3 Å². The molecule has 3 aromatic rings. The summed E-state index contributed by atoms with van der Waals surface area (Å²) in [7, 11) is 0. The first-order chi connectivity index (χ1) is 13.6. The van der Waals surface area contributed by atoms with E-state index in [0.717, 1.165) is 16.7 Å². The Morgan fingerprint density at radius 2 is 1.93 bits per heavy atom. The largest absolute Gasteiger partial charge is 0.482 e. The zero-order valence-electron chi connectivity index (χ0n) is 15.3. The van der Waals surface area contributed by atoms with E-state index >= 15 is 0 Å². The lowest BCUT2D eigenvalue weighted by atomic mass is 10.0. The third-order valence-electron chi connectivity index (χ3n) is 4.62. The minimum absolute atomic E-state index is 0.0203. The number of aromatic nitrogens is 1. The Bertz CT molecular complexity index is 1030. The van der Waals surface area contributed by atoms with Crippen molar-refractivity contribution in [3.63, 3.8) is 0 Å². The van der Waals surface area contributed by atoms with Gasteiger partial charge in [0.1, 0.15) is 5.75 Å². The Morgan fingerprint density at radius 1 is 1.11 bits per heavy atom. The molecule has 0 fully saturated rings. The number of anilines is 1. The molecule has 0 spiro atoms. The fourth-order valence-electron chi connectivity index (χ4n) is 3.12. The first kappa shape index (κ1) is 17.7. The van der Waals surface area contributed by atoms with E-state index in [0.29, 0.717) is 17.0 Å². The number of ether oxygens (including phenoxy) is 1. The summed E-state index contributed by atoms with van der Waals surface area (Å²) in [6, 6.07) is 16.6. The van der Waals surface area contributed by atoms with Crippen LogP contribution in [0.15, 0.2) is 67.0 Å². The number of hydrogen-bond donors (Lipinski definition) is 2. The van der Waals surface area contributed by atoms with Crippen molar-refractivity contribution in [2.24, 2.45) is 0 Å². The van der Waals surface area contributed by atoms with Gasteiger partial charge in [0, 0.05) is 18.0 Å². The van der Waals surface area contributed by atoms with Crippen molar-refractivity contribution < 1.29 is 14.3 Å². The van der Waals surface area contributed by atoms with E-state index in [-0.39, 0.29) is 24.5 Å². The Hall–Kier alpha value is -3.67. The molecule has 2 N–H and O–H groups in total. The van der Waals surface area contributed by atoms with Gasteiger partial charge in [0.15, 0.2) is 6.61 Å². The van der Waals surface area contributed by atoms with Crippen LogP contribution in [-0.2, 0) is 4.79 Å². The van der Waals surface area contributed by atoms with E-state index in [2.05, 4.69) is 15.6 Å². The molecule has 28 heavy (non-hydrogen) atoms. The minimum atomic E-state index is -0.235. The van der Waals surface area contributed by atoms with Crippen LogP contribution in [0.25, 0.3) is 11.1 Å². The molecule has 1 aliphatic heterocycles. The van der Waals surface area contributed by atoms with Crippen LogP contribution in [0.3, 0.4) is 0 Å². The summed E-state index contributed by atoms with van der Waals surface area (Å²) in [6.45, 7) is 1.92. The minimum Gasteiger partial charge on any atom is -0.482 e. The number of carbonyl (C=O) groups is 2. The number of carbonyl (C=O) groups excluding carboxylic acids is 2. The van der Waals surface area contributed by atoms with Gasteiger partial charge in [0.25, 0.3) is 11.8 Å². The zero-order valence-corrected chi connectivity index (χ0v) is 15.3. The zero-order chi connectivity index (χ0) is 19.5. The molecule has 1 unspecified atom stereocenters. The van der Waals surface area contributed by atoms with Crippen LogP contribution in [0.5, 0.6) is 5.75 Å². The van der Waals surface area contributed by atoms with Crippen molar-refractivity contribution in [3.05, 3.63) is 78.1 Å². The van der Waals surface area contributed by atoms with Gasteiger partial charge in [-0.2, -0.15) is 0 Å². The van der Waals surface area contributed by atoms with E-state index in [1.807, 2.05) is 49.4 Å². The molecule has 4 rings (SSSR count). The number of rotatable bonds is 4. The SMILES string of the molecule is CC(NC(=O)c1cccc(-c2ccncc2)c1)c1ccc2c(c1)NC(=O)CO2. The van der Waals surface area contributed by atoms with Gasteiger partial charge in [-0.15, -0.1) is 0 Å². The highest BCUT2D eigenvalue weighted by Crippen LogP contribution is 2.30. The second-order valence-corrected chi connectivity index (χ2v) is 6.60. The van der Waals surface area contributed by atoms with Crippen molar-refractivity contribution in [1.82, 2.24) is 10.3 Å². The van der Waals surface area contributed by atoms with Gasteiger partial charge in [-0.3, -0.25) is 14.6 Å². The maximum atomic E-state index is 12.7. The van der Waals surface area contributed by atoms with Crippen molar-refractivity contribution in [2.45, 2.75) is 13.0 Å². The summed E-state index contributed by atoms with van der Waals surface area (Å²) in [4.78, 5) is 28.3. The number of fused-ring (bicyclic) bond motifs is 1. The fraction of sp³-hybridized carbons (Fsp3) is 0.136. The fourth-order valence-corrected chi connectivity index (χ4v) is 3.12. The molecule has 0 saturated heterocycles. The Morgan fingerprint density at radius 3 is 2.75 bits per heavy atom.